The zero-order valence-corrected chi connectivity index (χ0v) is 18.0. The lowest BCUT2D eigenvalue weighted by Crippen LogP contribution is -2.15. The SMILES string of the molecule is CCCCC(CC)COCCOCCOCCOCCCC(=O)OC(C)C. The van der Waals surface area contributed by atoms with Gasteiger partial charge in [0.2, 0.25) is 0 Å². The van der Waals surface area contributed by atoms with E-state index in [9.17, 15) is 4.79 Å². The molecule has 0 aromatic rings. The lowest BCUT2D eigenvalue weighted by molar-refractivity contribution is -0.147. The number of esters is 1. The van der Waals surface area contributed by atoms with Gasteiger partial charge in [-0.25, -0.2) is 0 Å². The van der Waals surface area contributed by atoms with Crippen LogP contribution in [-0.2, 0) is 28.5 Å². The van der Waals surface area contributed by atoms with Gasteiger partial charge in [0, 0.05) is 19.6 Å². The second-order valence-corrected chi connectivity index (χ2v) is 6.97. The molecule has 0 rings (SSSR count). The summed E-state index contributed by atoms with van der Waals surface area (Å²) in [7, 11) is 0. The van der Waals surface area contributed by atoms with Crippen LogP contribution in [0.3, 0.4) is 0 Å². The fraction of sp³-hybridized carbons (Fsp3) is 0.952. The lowest BCUT2D eigenvalue weighted by atomic mass is 10.0. The Bertz CT molecular complexity index is 322. The Hall–Kier alpha value is -0.690. The van der Waals surface area contributed by atoms with E-state index in [2.05, 4.69) is 13.8 Å². The van der Waals surface area contributed by atoms with Gasteiger partial charge in [0.25, 0.3) is 0 Å². The maximum absolute atomic E-state index is 11.3. The Morgan fingerprint density at radius 1 is 0.778 bits per heavy atom. The summed E-state index contributed by atoms with van der Waals surface area (Å²) in [6.45, 7) is 13.0. The molecule has 0 amide bonds. The Balaban J connectivity index is 3.22. The molecule has 6 nitrogen and oxygen atoms in total. The fourth-order valence-corrected chi connectivity index (χ4v) is 2.45. The van der Waals surface area contributed by atoms with Crippen molar-refractivity contribution in [3.63, 3.8) is 0 Å². The number of hydrogen-bond acceptors (Lipinski definition) is 6. The average Bonchev–Trinajstić information content (AvgIpc) is 2.63. The van der Waals surface area contributed by atoms with Gasteiger partial charge >= 0.3 is 5.97 Å². The van der Waals surface area contributed by atoms with Gasteiger partial charge in [-0.1, -0.05) is 33.1 Å². The molecule has 1 atom stereocenters. The minimum atomic E-state index is -0.169. The van der Waals surface area contributed by atoms with Gasteiger partial charge in [-0.2, -0.15) is 0 Å². The van der Waals surface area contributed by atoms with Crippen LogP contribution in [0, 0.1) is 5.92 Å². The largest absolute Gasteiger partial charge is 0.463 e. The van der Waals surface area contributed by atoms with Crippen molar-refractivity contribution in [2.75, 3.05) is 52.9 Å². The van der Waals surface area contributed by atoms with Crippen LogP contribution in [0.4, 0.5) is 0 Å². The Morgan fingerprint density at radius 2 is 1.33 bits per heavy atom. The first-order valence-electron chi connectivity index (χ1n) is 10.6. The number of rotatable bonds is 20. The molecular weight excluding hydrogens is 348 g/mol. The summed E-state index contributed by atoms with van der Waals surface area (Å²) in [6, 6.07) is 0. The molecule has 0 heterocycles. The standard InChI is InChI=1S/C21H42O6/c1-5-7-9-20(6-2)18-26-17-16-25-15-14-24-13-12-23-11-8-10-21(22)27-19(3)4/h19-20H,5-18H2,1-4H3. The lowest BCUT2D eigenvalue weighted by Gasteiger charge is -2.14. The Labute approximate surface area is 166 Å². The van der Waals surface area contributed by atoms with Gasteiger partial charge in [0.05, 0.1) is 45.7 Å². The number of unbranched alkanes of at least 4 members (excludes halogenated alkanes) is 1. The summed E-state index contributed by atoms with van der Waals surface area (Å²) in [5.74, 6) is 0.506. The van der Waals surface area contributed by atoms with Gasteiger partial charge in [-0.15, -0.1) is 0 Å². The summed E-state index contributed by atoms with van der Waals surface area (Å²) in [5, 5.41) is 0. The predicted octanol–water partition coefficient (Wildman–Crippen LogP) is 4.00. The molecule has 0 spiro atoms. The van der Waals surface area contributed by atoms with Gasteiger partial charge < -0.3 is 23.7 Å². The van der Waals surface area contributed by atoms with Crippen LogP contribution in [-0.4, -0.2) is 64.9 Å². The van der Waals surface area contributed by atoms with Crippen LogP contribution >= 0.6 is 0 Å². The highest BCUT2D eigenvalue weighted by atomic mass is 16.6. The summed E-state index contributed by atoms with van der Waals surface area (Å²) in [6.07, 6.45) is 5.98. The number of carbonyl (C=O) groups is 1. The van der Waals surface area contributed by atoms with Gasteiger partial charge in [-0.3, -0.25) is 4.79 Å². The molecule has 0 fully saturated rings. The van der Waals surface area contributed by atoms with Crippen molar-refractivity contribution in [1.82, 2.24) is 0 Å². The topological polar surface area (TPSA) is 63.2 Å². The molecule has 162 valence electrons. The Morgan fingerprint density at radius 3 is 1.85 bits per heavy atom. The van der Waals surface area contributed by atoms with Crippen molar-refractivity contribution >= 4 is 5.97 Å². The van der Waals surface area contributed by atoms with E-state index in [0.717, 1.165) is 6.61 Å². The first kappa shape index (κ1) is 26.3. The molecule has 1 unspecified atom stereocenters. The second kappa shape index (κ2) is 20.1. The van der Waals surface area contributed by atoms with E-state index in [0.29, 0.717) is 65.0 Å². The van der Waals surface area contributed by atoms with Crippen molar-refractivity contribution in [2.45, 2.75) is 72.3 Å². The van der Waals surface area contributed by atoms with E-state index in [-0.39, 0.29) is 12.1 Å². The van der Waals surface area contributed by atoms with Crippen LogP contribution in [0.2, 0.25) is 0 Å². The van der Waals surface area contributed by atoms with E-state index < -0.39 is 0 Å². The third-order valence-corrected chi connectivity index (χ3v) is 4.05. The van der Waals surface area contributed by atoms with Crippen LogP contribution in [0.15, 0.2) is 0 Å². The summed E-state index contributed by atoms with van der Waals surface area (Å²) in [5.41, 5.74) is 0. The smallest absolute Gasteiger partial charge is 0.306 e. The highest BCUT2D eigenvalue weighted by molar-refractivity contribution is 5.69. The minimum Gasteiger partial charge on any atom is -0.463 e. The minimum absolute atomic E-state index is 0.0559. The highest BCUT2D eigenvalue weighted by Gasteiger charge is 2.06. The molecule has 0 aliphatic rings. The zero-order chi connectivity index (χ0) is 20.2. The average molecular weight is 391 g/mol. The molecule has 0 saturated heterocycles. The second-order valence-electron chi connectivity index (χ2n) is 6.97. The van der Waals surface area contributed by atoms with E-state index >= 15 is 0 Å². The quantitative estimate of drug-likeness (QED) is 0.231. The van der Waals surface area contributed by atoms with Gasteiger partial charge in [0.1, 0.15) is 0 Å². The molecule has 0 aromatic carbocycles. The van der Waals surface area contributed by atoms with Crippen molar-refractivity contribution in [1.29, 1.82) is 0 Å². The molecule has 0 aromatic heterocycles. The number of carbonyl (C=O) groups excluding carboxylic acids is 1. The molecule has 0 aliphatic carbocycles. The van der Waals surface area contributed by atoms with Crippen LogP contribution in [0.1, 0.15) is 66.2 Å². The molecule has 0 bridgehead atoms. The van der Waals surface area contributed by atoms with E-state index in [1.54, 1.807) is 0 Å². The summed E-state index contributed by atoms with van der Waals surface area (Å²) < 4.78 is 27.1. The first-order valence-corrected chi connectivity index (χ1v) is 10.6. The van der Waals surface area contributed by atoms with Crippen molar-refractivity contribution in [2.24, 2.45) is 5.92 Å². The molecule has 0 N–H and O–H groups in total. The number of ether oxygens (including phenoxy) is 5. The maximum Gasteiger partial charge on any atom is 0.306 e. The zero-order valence-electron chi connectivity index (χ0n) is 18.0. The summed E-state index contributed by atoms with van der Waals surface area (Å²) in [4.78, 5) is 11.3. The fourth-order valence-electron chi connectivity index (χ4n) is 2.45. The number of hydrogen-bond donors (Lipinski definition) is 0. The molecule has 6 heteroatoms. The molecule has 0 aliphatic heterocycles. The van der Waals surface area contributed by atoms with E-state index in [4.69, 9.17) is 23.7 Å². The predicted molar refractivity (Wildman–Crippen MR) is 107 cm³/mol. The summed E-state index contributed by atoms with van der Waals surface area (Å²) >= 11 is 0. The molecule has 0 radical (unpaired) electrons. The third-order valence-electron chi connectivity index (χ3n) is 4.05. The molecule has 0 saturated carbocycles. The van der Waals surface area contributed by atoms with E-state index in [1.165, 1.54) is 25.7 Å². The van der Waals surface area contributed by atoms with Gasteiger partial charge in [0.15, 0.2) is 0 Å². The monoisotopic (exact) mass is 390 g/mol. The first-order chi connectivity index (χ1) is 13.1. The van der Waals surface area contributed by atoms with Crippen molar-refractivity contribution < 1.29 is 28.5 Å². The highest BCUT2D eigenvalue weighted by Crippen LogP contribution is 2.12. The van der Waals surface area contributed by atoms with E-state index in [1.807, 2.05) is 13.8 Å². The van der Waals surface area contributed by atoms with Crippen molar-refractivity contribution in [3.05, 3.63) is 0 Å². The normalized spacial score (nSPS) is 12.5. The van der Waals surface area contributed by atoms with Crippen LogP contribution < -0.4 is 0 Å². The van der Waals surface area contributed by atoms with Gasteiger partial charge in [-0.05, 0) is 32.6 Å². The van der Waals surface area contributed by atoms with Crippen molar-refractivity contribution in [3.8, 4) is 0 Å². The van der Waals surface area contributed by atoms with Crippen LogP contribution in [0.5, 0.6) is 0 Å². The Kier molecular flexibility index (Phi) is 19.5. The maximum atomic E-state index is 11.3. The molecule has 27 heavy (non-hydrogen) atoms. The van der Waals surface area contributed by atoms with Crippen LogP contribution in [0.25, 0.3) is 0 Å². The molecular formula is C21H42O6. The third kappa shape index (κ3) is 19.9.